The van der Waals surface area contributed by atoms with Gasteiger partial charge in [-0.3, -0.25) is 4.99 Å². The summed E-state index contributed by atoms with van der Waals surface area (Å²) >= 11 is 0. The zero-order valence-corrected chi connectivity index (χ0v) is 20.9. The van der Waals surface area contributed by atoms with Gasteiger partial charge >= 0.3 is 6.09 Å². The van der Waals surface area contributed by atoms with Gasteiger partial charge in [-0.2, -0.15) is 5.10 Å². The van der Waals surface area contributed by atoms with E-state index in [1.54, 1.807) is 18.1 Å². The minimum atomic E-state index is -0.498. The van der Waals surface area contributed by atoms with Crippen molar-refractivity contribution in [3.63, 3.8) is 0 Å². The Kier molecular flexibility index (Phi) is 9.08. The summed E-state index contributed by atoms with van der Waals surface area (Å²) in [4.78, 5) is 22.6. The van der Waals surface area contributed by atoms with Crippen molar-refractivity contribution in [2.24, 2.45) is 4.99 Å². The summed E-state index contributed by atoms with van der Waals surface area (Å²) < 4.78 is 7.15. The van der Waals surface area contributed by atoms with Gasteiger partial charge in [0.25, 0.3) is 0 Å². The fraction of sp³-hybridized carbons (Fsp3) is 0.524. The number of ether oxygens (including phenoxy) is 1. The first-order valence-corrected chi connectivity index (χ1v) is 10.2. The maximum absolute atomic E-state index is 12.0. The van der Waals surface area contributed by atoms with Gasteiger partial charge in [-0.1, -0.05) is 24.3 Å². The Balaban J connectivity index is 0.00000341. The number of amides is 1. The summed E-state index contributed by atoms with van der Waals surface area (Å²) in [5.41, 5.74) is 1.83. The van der Waals surface area contributed by atoms with Crippen LogP contribution in [0.1, 0.15) is 38.3 Å². The quantitative estimate of drug-likeness (QED) is 0.343. The Morgan fingerprint density at radius 1 is 1.32 bits per heavy atom. The fourth-order valence-electron chi connectivity index (χ4n) is 3.40. The first-order chi connectivity index (χ1) is 14.3. The van der Waals surface area contributed by atoms with Crippen LogP contribution in [0.5, 0.6) is 0 Å². The highest BCUT2D eigenvalue weighted by atomic mass is 127. The van der Waals surface area contributed by atoms with Gasteiger partial charge < -0.3 is 20.3 Å². The van der Waals surface area contributed by atoms with E-state index in [1.165, 1.54) is 6.33 Å². The molecular formula is C21H32IN7O2. The average Bonchev–Trinajstić information content (AvgIpc) is 3.33. The van der Waals surface area contributed by atoms with E-state index in [2.05, 4.69) is 48.8 Å². The Hall–Kier alpha value is -2.37. The van der Waals surface area contributed by atoms with Crippen LogP contribution < -0.4 is 10.6 Å². The second-order valence-corrected chi connectivity index (χ2v) is 8.39. The lowest BCUT2D eigenvalue weighted by molar-refractivity contribution is 0.0507. The molecule has 2 heterocycles. The molecule has 0 saturated carbocycles. The van der Waals surface area contributed by atoms with E-state index in [1.807, 2.05) is 26.8 Å². The van der Waals surface area contributed by atoms with Gasteiger partial charge in [-0.15, -0.1) is 24.0 Å². The summed E-state index contributed by atoms with van der Waals surface area (Å²) in [7, 11) is 1.78. The van der Waals surface area contributed by atoms with Crippen molar-refractivity contribution in [1.82, 2.24) is 30.3 Å². The number of rotatable bonds is 5. The van der Waals surface area contributed by atoms with E-state index in [0.29, 0.717) is 19.6 Å². The highest BCUT2D eigenvalue weighted by Crippen LogP contribution is 2.13. The van der Waals surface area contributed by atoms with Gasteiger partial charge in [0.2, 0.25) is 0 Å². The third-order valence-corrected chi connectivity index (χ3v) is 4.67. The molecule has 1 aromatic heterocycles. The molecule has 1 amide bonds. The van der Waals surface area contributed by atoms with Crippen LogP contribution in [0.25, 0.3) is 0 Å². The van der Waals surface area contributed by atoms with Gasteiger partial charge in [-0.05, 0) is 38.3 Å². The van der Waals surface area contributed by atoms with Crippen molar-refractivity contribution in [2.75, 3.05) is 20.1 Å². The van der Waals surface area contributed by atoms with Crippen molar-refractivity contribution in [1.29, 1.82) is 0 Å². The molecule has 170 valence electrons. The number of alkyl carbamates (subject to hydrolysis) is 1. The number of aliphatic imine (C=N–C) groups is 1. The molecule has 1 aromatic carbocycles. The fourth-order valence-corrected chi connectivity index (χ4v) is 3.40. The van der Waals surface area contributed by atoms with Crippen molar-refractivity contribution in [2.45, 2.75) is 51.9 Å². The highest BCUT2D eigenvalue weighted by Gasteiger charge is 2.27. The van der Waals surface area contributed by atoms with Crippen molar-refractivity contribution >= 4 is 36.0 Å². The number of hydrogen-bond acceptors (Lipinski definition) is 5. The molecule has 0 spiro atoms. The third-order valence-electron chi connectivity index (χ3n) is 4.67. The molecule has 3 rings (SSSR count). The predicted octanol–water partition coefficient (Wildman–Crippen LogP) is 2.62. The Morgan fingerprint density at radius 3 is 2.77 bits per heavy atom. The summed E-state index contributed by atoms with van der Waals surface area (Å²) in [6.07, 6.45) is 3.73. The maximum Gasteiger partial charge on any atom is 0.407 e. The molecule has 0 bridgehead atoms. The van der Waals surface area contributed by atoms with Crippen LogP contribution in [0.15, 0.2) is 41.9 Å². The largest absolute Gasteiger partial charge is 0.444 e. The molecule has 1 saturated heterocycles. The lowest BCUT2D eigenvalue weighted by atomic mass is 10.1. The molecule has 0 radical (unpaired) electrons. The van der Waals surface area contributed by atoms with Crippen molar-refractivity contribution in [3.8, 4) is 0 Å². The lowest BCUT2D eigenvalue weighted by Crippen LogP contribution is -2.44. The first-order valence-electron chi connectivity index (χ1n) is 10.2. The van der Waals surface area contributed by atoms with E-state index < -0.39 is 5.60 Å². The lowest BCUT2D eigenvalue weighted by Gasteiger charge is -2.23. The number of nitrogens with one attached hydrogen (secondary N) is 2. The zero-order chi connectivity index (χ0) is 21.6. The van der Waals surface area contributed by atoms with Crippen LogP contribution >= 0.6 is 24.0 Å². The van der Waals surface area contributed by atoms with E-state index in [9.17, 15) is 4.79 Å². The molecule has 1 aliphatic heterocycles. The van der Waals surface area contributed by atoms with Gasteiger partial charge in [0, 0.05) is 26.7 Å². The second kappa shape index (κ2) is 11.3. The Labute approximate surface area is 200 Å². The van der Waals surface area contributed by atoms with Crippen LogP contribution in [-0.2, 0) is 17.8 Å². The summed E-state index contributed by atoms with van der Waals surface area (Å²) in [5, 5.41) is 10.5. The van der Waals surface area contributed by atoms with E-state index >= 15 is 0 Å². The zero-order valence-electron chi connectivity index (χ0n) is 18.5. The molecule has 9 nitrogen and oxygen atoms in total. The smallest absolute Gasteiger partial charge is 0.407 e. The normalized spacial score (nSPS) is 16.6. The topological polar surface area (TPSA) is 96.7 Å². The highest BCUT2D eigenvalue weighted by molar-refractivity contribution is 14.0. The Bertz CT molecular complexity index is 865. The molecular weight excluding hydrogens is 509 g/mol. The molecule has 1 atom stereocenters. The second-order valence-electron chi connectivity index (χ2n) is 8.39. The van der Waals surface area contributed by atoms with E-state index in [-0.39, 0.29) is 36.1 Å². The SMILES string of the molecule is CN=C(NCc1cccc(Cn2cncn2)c1)N1CCC(NC(=O)OC(C)(C)C)C1.I. The van der Waals surface area contributed by atoms with Crippen LogP contribution in [0, 0.1) is 0 Å². The summed E-state index contributed by atoms with van der Waals surface area (Å²) in [5.74, 6) is 0.824. The number of halogens is 1. The maximum atomic E-state index is 12.0. The summed E-state index contributed by atoms with van der Waals surface area (Å²) in [6.45, 7) is 8.46. The number of aromatic nitrogens is 3. The molecule has 2 N–H and O–H groups in total. The van der Waals surface area contributed by atoms with Crippen LogP contribution in [0.4, 0.5) is 4.79 Å². The van der Waals surface area contributed by atoms with Gasteiger partial charge in [0.05, 0.1) is 12.6 Å². The number of guanidine groups is 1. The van der Waals surface area contributed by atoms with Crippen LogP contribution in [0.3, 0.4) is 0 Å². The van der Waals surface area contributed by atoms with Crippen LogP contribution in [-0.4, -0.2) is 63.5 Å². The Morgan fingerprint density at radius 2 is 2.10 bits per heavy atom. The number of benzene rings is 1. The third kappa shape index (κ3) is 8.00. The summed E-state index contributed by atoms with van der Waals surface area (Å²) in [6, 6.07) is 8.40. The molecule has 31 heavy (non-hydrogen) atoms. The first kappa shape index (κ1) is 24.9. The van der Waals surface area contributed by atoms with Gasteiger partial charge in [0.15, 0.2) is 5.96 Å². The van der Waals surface area contributed by atoms with Gasteiger partial charge in [-0.25, -0.2) is 14.5 Å². The van der Waals surface area contributed by atoms with Crippen molar-refractivity contribution < 1.29 is 9.53 Å². The number of nitrogens with zero attached hydrogens (tertiary/aromatic N) is 5. The average molecular weight is 541 g/mol. The standard InChI is InChI=1S/C21H31N7O2.HI/c1-21(2,3)30-20(29)26-18-8-9-27(13-18)19(22-4)24-11-16-6-5-7-17(10-16)12-28-15-23-14-25-28;/h5-7,10,14-15,18H,8-9,11-13H2,1-4H3,(H,22,24)(H,26,29);1H. The molecule has 2 aromatic rings. The molecule has 1 unspecified atom stereocenters. The predicted molar refractivity (Wildman–Crippen MR) is 131 cm³/mol. The monoisotopic (exact) mass is 541 g/mol. The van der Waals surface area contributed by atoms with E-state index in [4.69, 9.17) is 4.74 Å². The molecule has 1 aliphatic rings. The molecule has 10 heteroatoms. The van der Waals surface area contributed by atoms with E-state index in [0.717, 1.165) is 30.1 Å². The number of hydrogen-bond donors (Lipinski definition) is 2. The number of likely N-dealkylation sites (tertiary alicyclic amines) is 1. The molecule has 1 fully saturated rings. The number of carbonyl (C=O) groups is 1. The minimum absolute atomic E-state index is 0. The van der Waals surface area contributed by atoms with Crippen LogP contribution in [0.2, 0.25) is 0 Å². The number of carbonyl (C=O) groups excluding carboxylic acids is 1. The van der Waals surface area contributed by atoms with Gasteiger partial charge in [0.1, 0.15) is 18.3 Å². The van der Waals surface area contributed by atoms with Crippen molar-refractivity contribution in [3.05, 3.63) is 48.0 Å². The molecule has 0 aliphatic carbocycles. The minimum Gasteiger partial charge on any atom is -0.444 e.